The number of aliphatic hydroxyl groups is 1. The molecule has 1 aliphatic heterocycles. The van der Waals surface area contributed by atoms with Gasteiger partial charge >= 0.3 is 0 Å². The molecule has 1 rings (SSSR count). The largest absolute Gasteiger partial charge is 0.389 e. The van der Waals surface area contributed by atoms with Crippen molar-refractivity contribution in [3.8, 4) is 0 Å². The van der Waals surface area contributed by atoms with Gasteiger partial charge in [-0.1, -0.05) is 0 Å². The molecule has 118 valence electrons. The fourth-order valence-corrected chi connectivity index (χ4v) is 2.55. The van der Waals surface area contributed by atoms with Gasteiger partial charge in [0.2, 0.25) is 5.91 Å². The van der Waals surface area contributed by atoms with Crippen LogP contribution < -0.4 is 5.73 Å². The number of rotatable bonds is 8. The minimum Gasteiger partial charge on any atom is -0.389 e. The van der Waals surface area contributed by atoms with E-state index in [4.69, 9.17) is 15.2 Å². The van der Waals surface area contributed by atoms with Gasteiger partial charge in [-0.15, -0.1) is 0 Å². The molecule has 1 fully saturated rings. The van der Waals surface area contributed by atoms with Crippen LogP contribution in [0.15, 0.2) is 0 Å². The van der Waals surface area contributed by atoms with E-state index in [-0.39, 0.29) is 24.5 Å². The number of nitrogens with zero attached hydrogens (tertiary/aromatic N) is 1. The van der Waals surface area contributed by atoms with E-state index >= 15 is 0 Å². The maximum Gasteiger partial charge on any atom is 0.221 e. The van der Waals surface area contributed by atoms with Crippen LogP contribution in [0.5, 0.6) is 0 Å². The quantitative estimate of drug-likeness (QED) is 0.656. The van der Waals surface area contributed by atoms with Gasteiger partial charge in [-0.25, -0.2) is 0 Å². The van der Waals surface area contributed by atoms with E-state index < -0.39 is 6.10 Å². The Morgan fingerprint density at radius 2 is 2.15 bits per heavy atom. The van der Waals surface area contributed by atoms with Gasteiger partial charge < -0.3 is 20.3 Å². The molecule has 3 N–H and O–H groups in total. The molecule has 1 amide bonds. The summed E-state index contributed by atoms with van der Waals surface area (Å²) < 4.78 is 10.5. The first-order valence-corrected chi connectivity index (χ1v) is 7.26. The van der Waals surface area contributed by atoms with Gasteiger partial charge in [0.1, 0.15) is 0 Å². The van der Waals surface area contributed by atoms with Crippen molar-refractivity contribution in [1.82, 2.24) is 4.90 Å². The normalized spacial score (nSPS) is 27.2. The van der Waals surface area contributed by atoms with Gasteiger partial charge in [-0.3, -0.25) is 9.69 Å². The number of hydrogen-bond donors (Lipinski definition) is 2. The Kier molecular flexibility index (Phi) is 7.43. The molecule has 0 aromatic heterocycles. The number of ether oxygens (including phenoxy) is 2. The topological polar surface area (TPSA) is 85.0 Å². The lowest BCUT2D eigenvalue weighted by Gasteiger charge is -2.37. The number of carbonyl (C=O) groups is 1. The molecule has 0 bridgehead atoms. The van der Waals surface area contributed by atoms with Crippen molar-refractivity contribution < 1.29 is 19.4 Å². The molecule has 1 aliphatic rings. The first-order valence-electron chi connectivity index (χ1n) is 7.26. The van der Waals surface area contributed by atoms with Gasteiger partial charge in [0.15, 0.2) is 0 Å². The van der Waals surface area contributed by atoms with Crippen LogP contribution in [0.3, 0.4) is 0 Å². The van der Waals surface area contributed by atoms with Crippen molar-refractivity contribution in [2.24, 2.45) is 11.7 Å². The van der Waals surface area contributed by atoms with E-state index in [1.807, 2.05) is 6.92 Å². The zero-order valence-electron chi connectivity index (χ0n) is 12.7. The summed E-state index contributed by atoms with van der Waals surface area (Å²) >= 11 is 0. The Morgan fingerprint density at radius 3 is 2.75 bits per heavy atom. The van der Waals surface area contributed by atoms with Crippen LogP contribution in [-0.4, -0.2) is 67.6 Å². The summed E-state index contributed by atoms with van der Waals surface area (Å²) in [5, 5.41) is 10.0. The lowest BCUT2D eigenvalue weighted by molar-refractivity contribution is -0.124. The molecule has 4 unspecified atom stereocenters. The lowest BCUT2D eigenvalue weighted by Crippen LogP contribution is -2.49. The van der Waals surface area contributed by atoms with Crippen LogP contribution >= 0.6 is 0 Å². The smallest absolute Gasteiger partial charge is 0.221 e. The molecule has 0 radical (unpaired) electrons. The van der Waals surface area contributed by atoms with Crippen molar-refractivity contribution in [2.75, 3.05) is 33.4 Å². The molecule has 6 heteroatoms. The highest BCUT2D eigenvalue weighted by Gasteiger charge is 2.29. The molecular formula is C14H28N2O4. The zero-order chi connectivity index (χ0) is 15.1. The monoisotopic (exact) mass is 288 g/mol. The molecule has 0 aromatic rings. The molecule has 1 saturated heterocycles. The van der Waals surface area contributed by atoms with Gasteiger partial charge in [0.05, 0.1) is 31.3 Å². The van der Waals surface area contributed by atoms with E-state index in [9.17, 15) is 9.90 Å². The number of carbonyl (C=O) groups excluding carboxylic acids is 1. The molecule has 0 saturated carbocycles. The third-order valence-electron chi connectivity index (χ3n) is 3.83. The van der Waals surface area contributed by atoms with Crippen LogP contribution in [0.4, 0.5) is 0 Å². The number of piperidine rings is 1. The van der Waals surface area contributed by atoms with Crippen LogP contribution in [0.1, 0.15) is 26.7 Å². The van der Waals surface area contributed by atoms with Crippen LogP contribution in [-0.2, 0) is 14.3 Å². The van der Waals surface area contributed by atoms with Gasteiger partial charge in [-0.2, -0.15) is 0 Å². The number of methoxy groups -OCH3 is 1. The summed E-state index contributed by atoms with van der Waals surface area (Å²) in [4.78, 5) is 13.4. The van der Waals surface area contributed by atoms with E-state index in [0.717, 1.165) is 12.8 Å². The second-order valence-corrected chi connectivity index (χ2v) is 5.73. The summed E-state index contributed by atoms with van der Waals surface area (Å²) in [6.07, 6.45) is 1.17. The van der Waals surface area contributed by atoms with Crippen molar-refractivity contribution in [2.45, 2.75) is 44.9 Å². The number of primary amides is 1. The molecule has 4 atom stereocenters. The molecule has 0 aromatic carbocycles. The standard InChI is InChI=1S/C14H28N2O4/c1-10-4-5-12(14(15)18)6-16(10)7-13(17)9-20-11(2)8-19-3/h10-13,17H,4-9H2,1-3H3,(H2,15,18). The molecule has 0 spiro atoms. The minimum atomic E-state index is -0.566. The Hall–Kier alpha value is -0.690. The van der Waals surface area contributed by atoms with Crippen LogP contribution in [0.2, 0.25) is 0 Å². The molecule has 6 nitrogen and oxygen atoms in total. The first kappa shape index (κ1) is 17.4. The third kappa shape index (κ3) is 5.75. The number of likely N-dealkylation sites (tertiary alicyclic amines) is 1. The number of hydrogen-bond acceptors (Lipinski definition) is 5. The van der Waals surface area contributed by atoms with Crippen LogP contribution in [0.25, 0.3) is 0 Å². The lowest BCUT2D eigenvalue weighted by atomic mass is 9.93. The molecule has 1 heterocycles. The fourth-order valence-electron chi connectivity index (χ4n) is 2.55. The van der Waals surface area contributed by atoms with Crippen LogP contribution in [0, 0.1) is 5.92 Å². The Labute approximate surface area is 121 Å². The summed E-state index contributed by atoms with van der Waals surface area (Å²) in [5.74, 6) is -0.354. The second-order valence-electron chi connectivity index (χ2n) is 5.73. The summed E-state index contributed by atoms with van der Waals surface area (Å²) in [6.45, 7) is 5.93. The number of aliphatic hydroxyl groups excluding tert-OH is 1. The predicted octanol–water partition coefficient (Wildman–Crippen LogP) is -0.0154. The third-order valence-corrected chi connectivity index (χ3v) is 3.83. The first-order chi connectivity index (χ1) is 9.43. The highest BCUT2D eigenvalue weighted by Crippen LogP contribution is 2.21. The van der Waals surface area contributed by atoms with E-state index in [1.165, 1.54) is 0 Å². The predicted molar refractivity (Wildman–Crippen MR) is 76.3 cm³/mol. The van der Waals surface area contributed by atoms with Crippen molar-refractivity contribution in [1.29, 1.82) is 0 Å². The molecule has 0 aliphatic carbocycles. The van der Waals surface area contributed by atoms with Gasteiger partial charge in [-0.05, 0) is 26.7 Å². The van der Waals surface area contributed by atoms with E-state index in [2.05, 4.69) is 11.8 Å². The molecule has 20 heavy (non-hydrogen) atoms. The highest BCUT2D eigenvalue weighted by atomic mass is 16.5. The van der Waals surface area contributed by atoms with Crippen molar-refractivity contribution in [3.05, 3.63) is 0 Å². The maximum atomic E-state index is 11.3. The number of nitrogens with two attached hydrogens (primary N) is 1. The summed E-state index contributed by atoms with van der Waals surface area (Å²) in [5.41, 5.74) is 5.37. The van der Waals surface area contributed by atoms with Crippen molar-refractivity contribution >= 4 is 5.91 Å². The SMILES string of the molecule is COCC(C)OCC(O)CN1CC(C(N)=O)CCC1C. The molecular weight excluding hydrogens is 260 g/mol. The number of amides is 1. The van der Waals surface area contributed by atoms with E-state index in [0.29, 0.717) is 25.7 Å². The van der Waals surface area contributed by atoms with Crippen molar-refractivity contribution in [3.63, 3.8) is 0 Å². The average Bonchev–Trinajstić information content (AvgIpc) is 2.39. The van der Waals surface area contributed by atoms with E-state index in [1.54, 1.807) is 7.11 Å². The maximum absolute atomic E-state index is 11.3. The number of β-amino-alcohol motifs (C(OH)–C–C–N with tert-alkyl or cyclic N) is 1. The Bertz CT molecular complexity index is 301. The fraction of sp³-hybridized carbons (Fsp3) is 0.929. The minimum absolute atomic E-state index is 0.0354. The zero-order valence-corrected chi connectivity index (χ0v) is 12.7. The summed E-state index contributed by atoms with van der Waals surface area (Å²) in [6, 6.07) is 0.358. The average molecular weight is 288 g/mol. The second kappa shape index (κ2) is 8.56. The summed E-state index contributed by atoms with van der Waals surface area (Å²) in [7, 11) is 1.62. The highest BCUT2D eigenvalue weighted by molar-refractivity contribution is 5.76. The Balaban J connectivity index is 2.35. The van der Waals surface area contributed by atoms with Gasteiger partial charge in [0.25, 0.3) is 0 Å². The van der Waals surface area contributed by atoms with Gasteiger partial charge in [0, 0.05) is 26.2 Å². The Morgan fingerprint density at radius 1 is 1.45 bits per heavy atom.